The smallest absolute Gasteiger partial charge is 0.240 e. The first-order chi connectivity index (χ1) is 9.12. The second kappa shape index (κ2) is 6.23. The minimum Gasteiger partial charge on any atom is -0.468 e. The van der Waals surface area contributed by atoms with Gasteiger partial charge in [-0.25, -0.2) is 13.1 Å². The zero-order valence-electron chi connectivity index (χ0n) is 10.2. The van der Waals surface area contributed by atoms with Crippen molar-refractivity contribution in [3.8, 4) is 0 Å². The molecule has 0 atom stereocenters. The zero-order chi connectivity index (χ0) is 13.7. The standard InChI is InChI=1S/C13H14ClNO3S/c14-8-7-11-3-5-13(6-4-11)19(16,17)15-10-12-2-1-9-18-12/h1-6,9,15H,7-8,10H2. The van der Waals surface area contributed by atoms with E-state index in [1.54, 1.807) is 36.4 Å². The average Bonchev–Trinajstić information content (AvgIpc) is 2.91. The Hall–Kier alpha value is -1.30. The highest BCUT2D eigenvalue weighted by atomic mass is 35.5. The largest absolute Gasteiger partial charge is 0.468 e. The molecule has 0 aliphatic carbocycles. The summed E-state index contributed by atoms with van der Waals surface area (Å²) in [5.74, 6) is 1.09. The number of hydrogen-bond acceptors (Lipinski definition) is 3. The summed E-state index contributed by atoms with van der Waals surface area (Å²) in [5.41, 5.74) is 1.01. The van der Waals surface area contributed by atoms with E-state index in [9.17, 15) is 8.42 Å². The summed E-state index contributed by atoms with van der Waals surface area (Å²) in [4.78, 5) is 0.234. The number of alkyl halides is 1. The summed E-state index contributed by atoms with van der Waals surface area (Å²) >= 11 is 5.63. The van der Waals surface area contributed by atoms with E-state index in [4.69, 9.17) is 16.0 Å². The van der Waals surface area contributed by atoms with Crippen LogP contribution in [0.2, 0.25) is 0 Å². The average molecular weight is 300 g/mol. The molecule has 2 rings (SSSR count). The van der Waals surface area contributed by atoms with Crippen LogP contribution in [0.25, 0.3) is 0 Å². The molecule has 6 heteroatoms. The fraction of sp³-hybridized carbons (Fsp3) is 0.231. The quantitative estimate of drug-likeness (QED) is 0.834. The van der Waals surface area contributed by atoms with Crippen molar-refractivity contribution < 1.29 is 12.8 Å². The molecule has 0 aliphatic heterocycles. The van der Waals surface area contributed by atoms with Gasteiger partial charge in [-0.15, -0.1) is 11.6 Å². The fourth-order valence-corrected chi connectivity index (χ4v) is 2.82. The number of sulfonamides is 1. The van der Waals surface area contributed by atoms with Gasteiger partial charge in [0.15, 0.2) is 0 Å². The first-order valence-electron chi connectivity index (χ1n) is 5.79. The van der Waals surface area contributed by atoms with Crippen molar-refractivity contribution in [2.24, 2.45) is 0 Å². The normalized spacial score (nSPS) is 11.6. The molecule has 0 radical (unpaired) electrons. The Kier molecular flexibility index (Phi) is 4.63. The van der Waals surface area contributed by atoms with E-state index >= 15 is 0 Å². The van der Waals surface area contributed by atoms with E-state index in [0.717, 1.165) is 12.0 Å². The molecule has 102 valence electrons. The van der Waals surface area contributed by atoms with Crippen molar-refractivity contribution >= 4 is 21.6 Å². The van der Waals surface area contributed by atoms with Gasteiger partial charge in [-0.2, -0.15) is 0 Å². The summed E-state index contributed by atoms with van der Waals surface area (Å²) < 4.78 is 31.6. The molecule has 0 saturated carbocycles. The molecule has 0 bridgehead atoms. The van der Waals surface area contributed by atoms with Gasteiger partial charge in [0.25, 0.3) is 0 Å². The Morgan fingerprint density at radius 2 is 1.89 bits per heavy atom. The van der Waals surface area contributed by atoms with Crippen LogP contribution in [0.15, 0.2) is 52.0 Å². The third-order valence-corrected chi connectivity index (χ3v) is 4.24. The molecule has 0 fully saturated rings. The van der Waals surface area contributed by atoms with Crippen molar-refractivity contribution in [3.63, 3.8) is 0 Å². The fourth-order valence-electron chi connectivity index (χ4n) is 1.61. The van der Waals surface area contributed by atoms with Crippen LogP contribution in [0.5, 0.6) is 0 Å². The summed E-state index contributed by atoms with van der Waals surface area (Å²) in [5, 5.41) is 0. The van der Waals surface area contributed by atoms with Crippen molar-refractivity contribution in [3.05, 3.63) is 54.0 Å². The molecule has 1 N–H and O–H groups in total. The number of aryl methyl sites for hydroxylation is 1. The second-order valence-electron chi connectivity index (χ2n) is 3.99. The van der Waals surface area contributed by atoms with E-state index in [-0.39, 0.29) is 11.4 Å². The maximum Gasteiger partial charge on any atom is 0.240 e. The second-order valence-corrected chi connectivity index (χ2v) is 6.13. The van der Waals surface area contributed by atoms with Crippen molar-refractivity contribution in [1.82, 2.24) is 4.72 Å². The van der Waals surface area contributed by atoms with Crippen molar-refractivity contribution in [2.45, 2.75) is 17.9 Å². The summed E-state index contributed by atoms with van der Waals surface area (Å²) in [6.07, 6.45) is 2.23. The van der Waals surface area contributed by atoms with Crippen LogP contribution in [-0.4, -0.2) is 14.3 Å². The summed E-state index contributed by atoms with van der Waals surface area (Å²) in [6.45, 7) is 0.138. The van der Waals surface area contributed by atoms with Gasteiger partial charge in [-0.3, -0.25) is 0 Å². The Morgan fingerprint density at radius 3 is 2.47 bits per heavy atom. The minimum absolute atomic E-state index is 0.138. The highest BCUT2D eigenvalue weighted by molar-refractivity contribution is 7.89. The molecule has 19 heavy (non-hydrogen) atoms. The zero-order valence-corrected chi connectivity index (χ0v) is 11.7. The van der Waals surface area contributed by atoms with Gasteiger partial charge in [0, 0.05) is 5.88 Å². The first-order valence-corrected chi connectivity index (χ1v) is 7.80. The molecule has 4 nitrogen and oxygen atoms in total. The number of nitrogens with one attached hydrogen (secondary N) is 1. The van der Waals surface area contributed by atoms with Crippen LogP contribution in [0.1, 0.15) is 11.3 Å². The minimum atomic E-state index is -3.51. The summed E-state index contributed by atoms with van der Waals surface area (Å²) in [6, 6.07) is 10.1. The summed E-state index contributed by atoms with van der Waals surface area (Å²) in [7, 11) is -3.51. The van der Waals surface area contributed by atoms with E-state index in [2.05, 4.69) is 4.72 Å². The Balaban J connectivity index is 2.06. The van der Waals surface area contributed by atoms with Gasteiger partial charge in [0.2, 0.25) is 10.0 Å². The Bertz CT molecular complexity index is 606. The van der Waals surface area contributed by atoms with E-state index in [0.29, 0.717) is 11.6 Å². The molecule has 1 aromatic heterocycles. The van der Waals surface area contributed by atoms with Crippen molar-refractivity contribution in [2.75, 3.05) is 5.88 Å². The highest BCUT2D eigenvalue weighted by Gasteiger charge is 2.13. The van der Waals surface area contributed by atoms with Crippen LogP contribution >= 0.6 is 11.6 Å². The van der Waals surface area contributed by atoms with Gasteiger partial charge < -0.3 is 4.42 Å². The molecule has 0 unspecified atom stereocenters. The maximum absolute atomic E-state index is 12.0. The highest BCUT2D eigenvalue weighted by Crippen LogP contribution is 2.12. The number of rotatable bonds is 6. The van der Waals surface area contributed by atoms with Crippen LogP contribution < -0.4 is 4.72 Å². The molecule has 2 aromatic rings. The topological polar surface area (TPSA) is 59.3 Å². The van der Waals surface area contributed by atoms with Crippen LogP contribution in [-0.2, 0) is 23.0 Å². The lowest BCUT2D eigenvalue weighted by Gasteiger charge is -2.06. The van der Waals surface area contributed by atoms with Gasteiger partial charge in [-0.05, 0) is 36.2 Å². The van der Waals surface area contributed by atoms with Crippen LogP contribution in [0, 0.1) is 0 Å². The molecular weight excluding hydrogens is 286 g/mol. The number of halogens is 1. The lowest BCUT2D eigenvalue weighted by molar-refractivity contribution is 0.498. The monoisotopic (exact) mass is 299 g/mol. The number of benzene rings is 1. The predicted octanol–water partition coefficient (Wildman–Crippen LogP) is 2.54. The first kappa shape index (κ1) is 14.1. The maximum atomic E-state index is 12.0. The Labute approximate surface area is 117 Å². The van der Waals surface area contributed by atoms with Gasteiger partial charge >= 0.3 is 0 Å². The molecule has 1 aromatic carbocycles. The van der Waals surface area contributed by atoms with Gasteiger partial charge in [0.05, 0.1) is 17.7 Å². The Morgan fingerprint density at radius 1 is 1.16 bits per heavy atom. The third-order valence-electron chi connectivity index (χ3n) is 2.63. The van der Waals surface area contributed by atoms with Crippen molar-refractivity contribution in [1.29, 1.82) is 0 Å². The molecule has 0 saturated heterocycles. The van der Waals surface area contributed by atoms with Crippen LogP contribution in [0.4, 0.5) is 0 Å². The predicted molar refractivity (Wildman–Crippen MR) is 73.6 cm³/mol. The number of furan rings is 1. The van der Waals surface area contributed by atoms with E-state index in [1.807, 2.05) is 0 Å². The van der Waals surface area contributed by atoms with Gasteiger partial charge in [-0.1, -0.05) is 12.1 Å². The third kappa shape index (κ3) is 3.83. The van der Waals surface area contributed by atoms with E-state index < -0.39 is 10.0 Å². The molecule has 1 heterocycles. The van der Waals surface area contributed by atoms with Crippen LogP contribution in [0.3, 0.4) is 0 Å². The lowest BCUT2D eigenvalue weighted by atomic mass is 10.2. The molecule has 0 aliphatic rings. The lowest BCUT2D eigenvalue weighted by Crippen LogP contribution is -2.22. The molecule has 0 amide bonds. The number of hydrogen-bond donors (Lipinski definition) is 1. The van der Waals surface area contributed by atoms with E-state index in [1.165, 1.54) is 6.26 Å². The van der Waals surface area contributed by atoms with Gasteiger partial charge in [0.1, 0.15) is 5.76 Å². The SMILES string of the molecule is O=S(=O)(NCc1ccco1)c1ccc(CCCl)cc1. The molecular formula is C13H14ClNO3S. The molecule has 0 spiro atoms.